The van der Waals surface area contributed by atoms with Gasteiger partial charge < -0.3 is 10.6 Å². The largest absolute Gasteiger partial charge is 0.384 e. The van der Waals surface area contributed by atoms with Gasteiger partial charge in [-0.1, -0.05) is 17.7 Å². The molecule has 0 aliphatic rings. The summed E-state index contributed by atoms with van der Waals surface area (Å²) in [7, 11) is 0. The number of anilines is 2. The molecule has 3 N–H and O–H groups in total. The Kier molecular flexibility index (Phi) is 3.75. The minimum absolute atomic E-state index is 0.00420. The molecular weight excluding hydrogens is 238 g/mol. The number of hydrogen-bond acceptors (Lipinski definition) is 4. The molecule has 2 rings (SSSR count). The van der Waals surface area contributed by atoms with Crippen LogP contribution in [0.2, 0.25) is 0 Å². The van der Waals surface area contributed by atoms with Gasteiger partial charge in [-0.15, -0.1) is 5.10 Å². The molecule has 0 radical (unpaired) electrons. The van der Waals surface area contributed by atoms with Gasteiger partial charge in [-0.25, -0.2) is 0 Å². The van der Waals surface area contributed by atoms with Crippen molar-refractivity contribution < 1.29 is 0 Å². The van der Waals surface area contributed by atoms with Crippen LogP contribution in [0.3, 0.4) is 0 Å². The fraction of sp³-hybridized carbons (Fsp3) is 0.214. The average Bonchev–Trinajstić information content (AvgIpc) is 2.42. The highest BCUT2D eigenvalue weighted by molar-refractivity contribution is 6.00. The third-order valence-electron chi connectivity index (χ3n) is 2.91. The van der Waals surface area contributed by atoms with Gasteiger partial charge in [-0.05, 0) is 32.0 Å². The molecule has 19 heavy (non-hydrogen) atoms. The number of rotatable bonds is 4. The van der Waals surface area contributed by atoms with Crippen molar-refractivity contribution in [2.24, 2.45) is 5.73 Å². The third kappa shape index (κ3) is 2.70. The molecule has 0 fully saturated rings. The summed E-state index contributed by atoms with van der Waals surface area (Å²) in [5.41, 5.74) is 8.40. The van der Waals surface area contributed by atoms with Crippen LogP contribution in [-0.4, -0.2) is 22.6 Å². The van der Waals surface area contributed by atoms with Crippen LogP contribution < -0.4 is 10.6 Å². The summed E-state index contributed by atoms with van der Waals surface area (Å²) in [6, 6.07) is 9.85. The van der Waals surface area contributed by atoms with Gasteiger partial charge in [0, 0.05) is 12.2 Å². The summed E-state index contributed by atoms with van der Waals surface area (Å²) in [6.45, 7) is 4.80. The van der Waals surface area contributed by atoms with Crippen LogP contribution in [0.4, 0.5) is 11.5 Å². The second-order valence-electron chi connectivity index (χ2n) is 4.26. The quantitative estimate of drug-likeness (QED) is 0.648. The molecule has 0 amide bonds. The molecule has 0 saturated carbocycles. The molecular formula is C14H17N5. The summed E-state index contributed by atoms with van der Waals surface area (Å²) in [5.74, 6) is 0.608. The van der Waals surface area contributed by atoms with Crippen LogP contribution in [0, 0.1) is 12.3 Å². The molecule has 98 valence electrons. The highest BCUT2D eigenvalue weighted by Gasteiger charge is 2.15. The Morgan fingerprint density at radius 2 is 1.95 bits per heavy atom. The van der Waals surface area contributed by atoms with Crippen LogP contribution in [0.1, 0.15) is 18.1 Å². The summed E-state index contributed by atoms with van der Waals surface area (Å²) in [4.78, 5) is 1.99. The predicted molar refractivity (Wildman–Crippen MR) is 76.9 cm³/mol. The Morgan fingerprint density at radius 1 is 1.26 bits per heavy atom. The van der Waals surface area contributed by atoms with Gasteiger partial charge >= 0.3 is 0 Å². The molecule has 0 aliphatic heterocycles. The number of benzene rings is 1. The van der Waals surface area contributed by atoms with E-state index in [0.717, 1.165) is 12.2 Å². The molecule has 1 aromatic carbocycles. The van der Waals surface area contributed by atoms with Gasteiger partial charge in [-0.3, -0.25) is 5.41 Å². The van der Waals surface area contributed by atoms with Crippen LogP contribution in [0.15, 0.2) is 36.5 Å². The lowest BCUT2D eigenvalue weighted by Gasteiger charge is -2.23. The highest BCUT2D eigenvalue weighted by atomic mass is 15.3. The van der Waals surface area contributed by atoms with E-state index in [4.69, 9.17) is 11.1 Å². The van der Waals surface area contributed by atoms with E-state index in [9.17, 15) is 0 Å². The zero-order chi connectivity index (χ0) is 13.8. The first-order valence-electron chi connectivity index (χ1n) is 6.13. The summed E-state index contributed by atoms with van der Waals surface area (Å²) in [5, 5.41) is 15.6. The van der Waals surface area contributed by atoms with Crippen LogP contribution >= 0.6 is 0 Å². The molecule has 2 aromatic rings. The topological polar surface area (TPSA) is 78.9 Å². The number of nitrogen functional groups attached to an aromatic ring is 1. The Morgan fingerprint density at radius 3 is 2.53 bits per heavy atom. The Bertz CT molecular complexity index is 577. The number of nitrogens with two attached hydrogens (primary N) is 1. The molecule has 0 bridgehead atoms. The highest BCUT2D eigenvalue weighted by Crippen LogP contribution is 2.25. The maximum Gasteiger partial charge on any atom is 0.166 e. The molecule has 0 saturated heterocycles. The van der Waals surface area contributed by atoms with E-state index in [-0.39, 0.29) is 5.84 Å². The average molecular weight is 255 g/mol. The van der Waals surface area contributed by atoms with Crippen molar-refractivity contribution in [3.8, 4) is 0 Å². The lowest BCUT2D eigenvalue weighted by atomic mass is 10.2. The summed E-state index contributed by atoms with van der Waals surface area (Å²) in [6.07, 6.45) is 1.54. The smallest absolute Gasteiger partial charge is 0.166 e. The number of aryl methyl sites for hydroxylation is 1. The fourth-order valence-corrected chi connectivity index (χ4v) is 1.91. The Labute approximate surface area is 112 Å². The molecule has 5 nitrogen and oxygen atoms in total. The van der Waals surface area contributed by atoms with Crippen molar-refractivity contribution in [1.29, 1.82) is 5.41 Å². The molecule has 0 atom stereocenters. The summed E-state index contributed by atoms with van der Waals surface area (Å²) >= 11 is 0. The second-order valence-corrected chi connectivity index (χ2v) is 4.26. The molecule has 1 aromatic heterocycles. The second kappa shape index (κ2) is 5.48. The predicted octanol–water partition coefficient (Wildman–Crippen LogP) is 2.23. The number of nitrogens with zero attached hydrogens (tertiary/aromatic N) is 3. The Hall–Kier alpha value is -2.43. The van der Waals surface area contributed by atoms with Crippen molar-refractivity contribution in [2.75, 3.05) is 11.4 Å². The molecule has 0 aliphatic carbocycles. The van der Waals surface area contributed by atoms with E-state index in [1.165, 1.54) is 5.56 Å². The van der Waals surface area contributed by atoms with Gasteiger partial charge in [0.2, 0.25) is 0 Å². The van der Waals surface area contributed by atoms with Crippen molar-refractivity contribution in [1.82, 2.24) is 10.2 Å². The zero-order valence-electron chi connectivity index (χ0n) is 11.1. The van der Waals surface area contributed by atoms with E-state index < -0.39 is 0 Å². The van der Waals surface area contributed by atoms with E-state index >= 15 is 0 Å². The number of nitrogens with one attached hydrogen (secondary N) is 1. The minimum Gasteiger partial charge on any atom is -0.384 e. The van der Waals surface area contributed by atoms with E-state index in [1.54, 1.807) is 12.3 Å². The van der Waals surface area contributed by atoms with Crippen molar-refractivity contribution in [3.63, 3.8) is 0 Å². The zero-order valence-corrected chi connectivity index (χ0v) is 11.1. The monoisotopic (exact) mass is 255 g/mol. The third-order valence-corrected chi connectivity index (χ3v) is 2.91. The molecule has 5 heteroatoms. The van der Waals surface area contributed by atoms with Crippen molar-refractivity contribution in [2.45, 2.75) is 13.8 Å². The van der Waals surface area contributed by atoms with Gasteiger partial charge in [0.15, 0.2) is 5.82 Å². The van der Waals surface area contributed by atoms with E-state index in [0.29, 0.717) is 11.4 Å². The maximum absolute atomic E-state index is 7.62. The van der Waals surface area contributed by atoms with Crippen LogP contribution in [0.25, 0.3) is 0 Å². The van der Waals surface area contributed by atoms with E-state index in [1.807, 2.05) is 43.0 Å². The number of hydrogen-bond donors (Lipinski definition) is 2. The number of aromatic nitrogens is 2. The van der Waals surface area contributed by atoms with Crippen LogP contribution in [-0.2, 0) is 0 Å². The molecule has 0 spiro atoms. The lowest BCUT2D eigenvalue weighted by molar-refractivity contribution is 0.927. The van der Waals surface area contributed by atoms with Crippen molar-refractivity contribution in [3.05, 3.63) is 47.7 Å². The van der Waals surface area contributed by atoms with Gasteiger partial charge in [0.05, 0.1) is 11.8 Å². The first-order chi connectivity index (χ1) is 9.13. The maximum atomic E-state index is 7.62. The normalized spacial score (nSPS) is 10.2. The van der Waals surface area contributed by atoms with Gasteiger partial charge in [0.25, 0.3) is 0 Å². The van der Waals surface area contributed by atoms with Gasteiger partial charge in [0.1, 0.15) is 5.84 Å². The first kappa shape index (κ1) is 13.0. The Balaban J connectivity index is 2.48. The number of amidine groups is 1. The molecule has 0 unspecified atom stereocenters. The molecule has 1 heterocycles. The van der Waals surface area contributed by atoms with E-state index in [2.05, 4.69) is 10.2 Å². The standard InChI is InChI=1S/C14H17N5/c1-3-19(11-6-4-10(2)5-7-11)14-12(13(15)16)8-9-17-18-14/h4-9H,3H2,1-2H3,(H3,15,16). The first-order valence-corrected chi connectivity index (χ1v) is 6.13. The SMILES string of the molecule is CCN(c1ccc(C)cc1)c1nnccc1C(=N)N. The minimum atomic E-state index is -0.00420. The fourth-order valence-electron chi connectivity index (χ4n) is 1.91. The van der Waals surface area contributed by atoms with Gasteiger partial charge in [-0.2, -0.15) is 5.10 Å². The lowest BCUT2D eigenvalue weighted by Crippen LogP contribution is -2.23. The van der Waals surface area contributed by atoms with Crippen LogP contribution in [0.5, 0.6) is 0 Å². The van der Waals surface area contributed by atoms with Crippen molar-refractivity contribution >= 4 is 17.3 Å². The summed E-state index contributed by atoms with van der Waals surface area (Å²) < 4.78 is 0.